The van der Waals surface area contributed by atoms with E-state index in [2.05, 4.69) is 15.3 Å². The highest BCUT2D eigenvalue weighted by atomic mass is 32.2. The molecule has 0 atom stereocenters. The van der Waals surface area contributed by atoms with Crippen molar-refractivity contribution >= 4 is 32.2 Å². The topological polar surface area (TPSA) is 89.0 Å². The van der Waals surface area contributed by atoms with Crippen LogP contribution in [0.5, 0.6) is 0 Å². The molecule has 3 rings (SSSR count). The number of nitrogens with one attached hydrogen (secondary N) is 1. The molecular weight excluding hydrogens is 358 g/mol. The molecule has 1 amide bonds. The smallest absolute Gasteiger partial charge is 0.258 e. The summed E-state index contributed by atoms with van der Waals surface area (Å²) in [5.41, 5.74) is 1.65. The molecule has 2 aromatic heterocycles. The van der Waals surface area contributed by atoms with Crippen molar-refractivity contribution in [1.29, 1.82) is 0 Å². The Balaban J connectivity index is 1.86. The summed E-state index contributed by atoms with van der Waals surface area (Å²) in [4.78, 5) is 20.9. The van der Waals surface area contributed by atoms with Crippen molar-refractivity contribution < 1.29 is 13.2 Å². The van der Waals surface area contributed by atoms with E-state index in [4.69, 9.17) is 0 Å². The lowest BCUT2D eigenvalue weighted by molar-refractivity contribution is 0.102. The van der Waals surface area contributed by atoms with Crippen LogP contribution in [0.25, 0.3) is 11.3 Å². The number of hydrogen-bond acceptors (Lipinski definition) is 6. The zero-order chi connectivity index (χ0) is 17.9. The van der Waals surface area contributed by atoms with Gasteiger partial charge in [-0.05, 0) is 24.3 Å². The number of hydrogen-bond donors (Lipinski definition) is 1. The second-order valence-corrected chi connectivity index (χ2v) is 8.24. The van der Waals surface area contributed by atoms with Gasteiger partial charge in [-0.2, -0.15) is 0 Å². The van der Waals surface area contributed by atoms with Crippen LogP contribution >= 0.6 is 11.3 Å². The number of aromatic nitrogens is 2. The zero-order valence-corrected chi connectivity index (χ0v) is 15.0. The average Bonchev–Trinajstić information content (AvgIpc) is 3.11. The molecule has 8 heteroatoms. The van der Waals surface area contributed by atoms with Crippen LogP contribution in [-0.2, 0) is 9.84 Å². The van der Waals surface area contributed by atoms with Gasteiger partial charge in [-0.15, -0.1) is 11.3 Å². The SMILES string of the molecule is CCS(=O)(=O)c1ccccc1C(=O)Nc1nc(-c2cccnc2)cs1. The molecule has 0 aliphatic heterocycles. The van der Waals surface area contributed by atoms with Crippen molar-refractivity contribution in [2.24, 2.45) is 0 Å². The Bertz CT molecular complexity index is 999. The fourth-order valence-corrected chi connectivity index (χ4v) is 4.03. The summed E-state index contributed by atoms with van der Waals surface area (Å²) in [6.07, 6.45) is 3.35. The van der Waals surface area contributed by atoms with Crippen LogP contribution in [0, 0.1) is 0 Å². The number of pyridine rings is 1. The van der Waals surface area contributed by atoms with Crippen LogP contribution in [0.4, 0.5) is 5.13 Å². The summed E-state index contributed by atoms with van der Waals surface area (Å²) < 4.78 is 24.3. The fourth-order valence-electron chi connectivity index (χ4n) is 2.22. The van der Waals surface area contributed by atoms with Crippen molar-refractivity contribution in [3.63, 3.8) is 0 Å². The number of carbonyl (C=O) groups excluding carboxylic acids is 1. The van der Waals surface area contributed by atoms with Gasteiger partial charge >= 0.3 is 0 Å². The van der Waals surface area contributed by atoms with Crippen LogP contribution in [0.2, 0.25) is 0 Å². The van der Waals surface area contributed by atoms with Crippen LogP contribution in [0.15, 0.2) is 59.1 Å². The van der Waals surface area contributed by atoms with Crippen molar-refractivity contribution in [2.75, 3.05) is 11.1 Å². The molecule has 0 fully saturated rings. The minimum atomic E-state index is -3.49. The molecule has 25 heavy (non-hydrogen) atoms. The Morgan fingerprint density at radius 1 is 1.20 bits per heavy atom. The Kier molecular flexibility index (Phi) is 4.91. The van der Waals surface area contributed by atoms with E-state index in [-0.39, 0.29) is 16.2 Å². The molecule has 0 unspecified atom stereocenters. The summed E-state index contributed by atoms with van der Waals surface area (Å²) in [5.74, 6) is -0.570. The maximum Gasteiger partial charge on any atom is 0.258 e. The number of nitrogens with zero attached hydrogens (tertiary/aromatic N) is 2. The lowest BCUT2D eigenvalue weighted by Crippen LogP contribution is -2.17. The first kappa shape index (κ1) is 17.2. The van der Waals surface area contributed by atoms with Crippen molar-refractivity contribution in [3.8, 4) is 11.3 Å². The van der Waals surface area contributed by atoms with Gasteiger partial charge in [0.05, 0.1) is 21.9 Å². The number of benzene rings is 1. The maximum atomic E-state index is 12.5. The molecule has 128 valence electrons. The van der Waals surface area contributed by atoms with Crippen LogP contribution < -0.4 is 5.32 Å². The van der Waals surface area contributed by atoms with Gasteiger partial charge in [0.1, 0.15) is 0 Å². The number of anilines is 1. The van der Waals surface area contributed by atoms with Crippen LogP contribution in [-0.4, -0.2) is 30.0 Å². The monoisotopic (exact) mass is 373 g/mol. The van der Waals surface area contributed by atoms with Crippen molar-refractivity contribution in [3.05, 3.63) is 59.7 Å². The molecular formula is C17H15N3O3S2. The van der Waals surface area contributed by atoms with Gasteiger partial charge in [-0.1, -0.05) is 19.1 Å². The van der Waals surface area contributed by atoms with Gasteiger partial charge in [0.25, 0.3) is 5.91 Å². The highest BCUT2D eigenvalue weighted by molar-refractivity contribution is 7.91. The highest BCUT2D eigenvalue weighted by Crippen LogP contribution is 2.25. The molecule has 0 aliphatic carbocycles. The van der Waals surface area contributed by atoms with Gasteiger partial charge < -0.3 is 0 Å². The minimum absolute atomic E-state index is 0.0269. The van der Waals surface area contributed by atoms with E-state index in [1.807, 2.05) is 6.07 Å². The molecule has 1 N–H and O–H groups in total. The minimum Gasteiger partial charge on any atom is -0.298 e. The molecule has 0 bridgehead atoms. The van der Waals surface area contributed by atoms with E-state index < -0.39 is 15.7 Å². The molecule has 1 aromatic carbocycles. The highest BCUT2D eigenvalue weighted by Gasteiger charge is 2.21. The third kappa shape index (κ3) is 3.75. The molecule has 0 spiro atoms. The summed E-state index contributed by atoms with van der Waals surface area (Å²) in [7, 11) is -3.49. The first-order chi connectivity index (χ1) is 12.0. The van der Waals surface area contributed by atoms with E-state index in [0.717, 1.165) is 5.56 Å². The number of rotatable bonds is 5. The molecule has 0 saturated carbocycles. The molecule has 6 nitrogen and oxygen atoms in total. The standard InChI is InChI=1S/C17H15N3O3S2/c1-2-25(22,23)15-8-4-3-7-13(15)16(21)20-17-19-14(11-24-17)12-6-5-9-18-10-12/h3-11H,2H2,1H3,(H,19,20,21). The lowest BCUT2D eigenvalue weighted by atomic mass is 10.2. The summed E-state index contributed by atoms with van der Waals surface area (Å²) >= 11 is 1.27. The second kappa shape index (κ2) is 7.12. The summed E-state index contributed by atoms with van der Waals surface area (Å²) in [5, 5.41) is 4.87. The molecule has 0 aliphatic rings. The largest absolute Gasteiger partial charge is 0.298 e. The van der Waals surface area contributed by atoms with E-state index in [9.17, 15) is 13.2 Å². The average molecular weight is 373 g/mol. The molecule has 0 saturated heterocycles. The Morgan fingerprint density at radius 2 is 2.00 bits per heavy atom. The van der Waals surface area contributed by atoms with Crippen molar-refractivity contribution in [1.82, 2.24) is 9.97 Å². The second-order valence-electron chi connectivity index (χ2n) is 5.13. The van der Waals surface area contributed by atoms with E-state index in [0.29, 0.717) is 10.8 Å². The lowest BCUT2D eigenvalue weighted by Gasteiger charge is -2.08. The van der Waals surface area contributed by atoms with Crippen molar-refractivity contribution in [2.45, 2.75) is 11.8 Å². The van der Waals surface area contributed by atoms with E-state index in [1.54, 1.807) is 42.9 Å². The Labute approximate surface area is 149 Å². The zero-order valence-electron chi connectivity index (χ0n) is 13.3. The Morgan fingerprint density at radius 3 is 2.72 bits per heavy atom. The predicted molar refractivity (Wildman–Crippen MR) is 97.5 cm³/mol. The normalized spacial score (nSPS) is 11.2. The first-order valence-electron chi connectivity index (χ1n) is 7.50. The van der Waals surface area contributed by atoms with Crippen LogP contribution in [0.1, 0.15) is 17.3 Å². The fraction of sp³-hybridized carbons (Fsp3) is 0.118. The van der Waals surface area contributed by atoms with Gasteiger partial charge in [-0.25, -0.2) is 13.4 Å². The Hall–Kier alpha value is -2.58. The van der Waals surface area contributed by atoms with Gasteiger partial charge in [0.2, 0.25) is 0 Å². The maximum absolute atomic E-state index is 12.5. The molecule has 0 radical (unpaired) electrons. The summed E-state index contributed by atoms with van der Waals surface area (Å²) in [6, 6.07) is 9.84. The number of amides is 1. The third-order valence-electron chi connectivity index (χ3n) is 3.53. The van der Waals surface area contributed by atoms with Gasteiger partial charge in [0, 0.05) is 23.3 Å². The van der Waals surface area contributed by atoms with Gasteiger partial charge in [0.15, 0.2) is 15.0 Å². The molecule has 2 heterocycles. The number of thiazole rings is 1. The summed E-state index contributed by atoms with van der Waals surface area (Å²) in [6.45, 7) is 1.55. The number of sulfone groups is 1. The van der Waals surface area contributed by atoms with E-state index in [1.165, 1.54) is 23.5 Å². The predicted octanol–water partition coefficient (Wildman–Crippen LogP) is 3.25. The number of carbonyl (C=O) groups is 1. The van der Waals surface area contributed by atoms with Gasteiger partial charge in [-0.3, -0.25) is 15.1 Å². The van der Waals surface area contributed by atoms with Crippen LogP contribution in [0.3, 0.4) is 0 Å². The quantitative estimate of drug-likeness (QED) is 0.741. The molecule has 3 aromatic rings. The first-order valence-corrected chi connectivity index (χ1v) is 10.0. The third-order valence-corrected chi connectivity index (χ3v) is 6.07. The van der Waals surface area contributed by atoms with E-state index >= 15 is 0 Å².